The van der Waals surface area contributed by atoms with Crippen molar-refractivity contribution in [3.63, 3.8) is 0 Å². The number of nitrogens with zero attached hydrogens (tertiary/aromatic N) is 8. The molecular weight excluding hydrogens is 1050 g/mol. The molecule has 4 aromatic heterocycles. The molecule has 2 unspecified atom stereocenters. The number of hydrogen-bond acceptors (Lipinski definition) is 6. The Hall–Kier alpha value is -11.5. The quantitative estimate of drug-likeness (QED) is 0.136. The van der Waals surface area contributed by atoms with Crippen LogP contribution in [0.25, 0.3) is 124 Å². The van der Waals surface area contributed by atoms with E-state index in [4.69, 9.17) is 29.9 Å². The summed E-state index contributed by atoms with van der Waals surface area (Å²) in [5, 5.41) is 0. The van der Waals surface area contributed by atoms with E-state index in [0.717, 1.165) is 112 Å². The highest BCUT2D eigenvalue weighted by molar-refractivity contribution is 5.86. The molecule has 0 amide bonds. The Morgan fingerprint density at radius 3 is 0.953 bits per heavy atom. The van der Waals surface area contributed by atoms with Gasteiger partial charge in [-0.25, -0.2) is 29.9 Å². The first kappa shape index (κ1) is 49.2. The Balaban J connectivity index is 0.768. The Kier molecular flexibility index (Phi) is 11.5. The molecule has 0 radical (unpaired) electrons. The molecule has 2 atom stereocenters. The minimum atomic E-state index is 0.00853. The van der Waals surface area contributed by atoms with Crippen LogP contribution in [-0.4, -0.2) is 39.0 Å². The van der Waals surface area contributed by atoms with Gasteiger partial charge in [0, 0.05) is 67.7 Å². The number of aromatic nitrogens is 8. The fraction of sp³-hybridized carbons (Fsp3) is 0.0256. The van der Waals surface area contributed by atoms with E-state index in [1.165, 1.54) is 33.4 Å². The van der Waals surface area contributed by atoms with Crippen LogP contribution in [0.3, 0.4) is 0 Å². The largest absolute Gasteiger partial charge is 0.292 e. The van der Waals surface area contributed by atoms with Crippen molar-refractivity contribution >= 4 is 22.1 Å². The van der Waals surface area contributed by atoms with Crippen LogP contribution in [-0.2, 0) is 0 Å². The van der Waals surface area contributed by atoms with Gasteiger partial charge in [-0.3, -0.25) is 9.13 Å². The Morgan fingerprint density at radius 1 is 0.221 bits per heavy atom. The van der Waals surface area contributed by atoms with Crippen molar-refractivity contribution in [3.05, 3.63) is 325 Å². The van der Waals surface area contributed by atoms with Crippen LogP contribution in [0.15, 0.2) is 291 Å². The van der Waals surface area contributed by atoms with Gasteiger partial charge in [-0.15, -0.1) is 0 Å². The number of fused-ring (bicyclic) bond motifs is 2. The molecule has 0 saturated heterocycles. The molecule has 86 heavy (non-hydrogen) atoms. The fourth-order valence-electron chi connectivity index (χ4n) is 13.2. The highest BCUT2D eigenvalue weighted by Gasteiger charge is 2.41. The van der Waals surface area contributed by atoms with E-state index in [1.54, 1.807) is 0 Å². The van der Waals surface area contributed by atoms with Crippen molar-refractivity contribution in [2.24, 2.45) is 0 Å². The summed E-state index contributed by atoms with van der Waals surface area (Å²) in [6.07, 6.45) is 0. The van der Waals surface area contributed by atoms with Gasteiger partial charge in [0.15, 0.2) is 11.6 Å². The molecule has 0 saturated carbocycles. The van der Waals surface area contributed by atoms with Gasteiger partial charge < -0.3 is 0 Å². The van der Waals surface area contributed by atoms with Crippen LogP contribution >= 0.6 is 0 Å². The Bertz CT molecular complexity index is 4810. The normalized spacial score (nSPS) is 13.8. The van der Waals surface area contributed by atoms with E-state index in [2.05, 4.69) is 240 Å². The van der Waals surface area contributed by atoms with Crippen molar-refractivity contribution in [2.75, 3.05) is 0 Å². The molecule has 3 aliphatic carbocycles. The first-order chi connectivity index (χ1) is 42.6. The summed E-state index contributed by atoms with van der Waals surface area (Å²) in [6, 6.07) is 103. The maximum Gasteiger partial charge on any atom is 0.160 e. The zero-order valence-electron chi connectivity index (χ0n) is 46.4. The molecule has 4 heterocycles. The van der Waals surface area contributed by atoms with Crippen LogP contribution < -0.4 is 0 Å². The van der Waals surface area contributed by atoms with E-state index in [9.17, 15) is 0 Å². The number of para-hydroxylation sites is 4. The summed E-state index contributed by atoms with van der Waals surface area (Å²) in [5.41, 5.74) is 25.3. The van der Waals surface area contributed by atoms with Gasteiger partial charge in [0.05, 0.1) is 44.8 Å². The minimum Gasteiger partial charge on any atom is -0.292 e. The molecule has 0 fully saturated rings. The molecule has 8 heteroatoms. The van der Waals surface area contributed by atoms with E-state index in [-0.39, 0.29) is 11.8 Å². The molecule has 11 aromatic carbocycles. The monoisotopic (exact) mass is 1100 g/mol. The zero-order chi connectivity index (χ0) is 56.7. The van der Waals surface area contributed by atoms with Gasteiger partial charge in [-0.2, -0.15) is 0 Å². The summed E-state index contributed by atoms with van der Waals surface area (Å²) in [5.74, 6) is 3.13. The number of imidazole rings is 2. The van der Waals surface area contributed by atoms with Crippen molar-refractivity contribution < 1.29 is 0 Å². The molecule has 402 valence electrons. The second kappa shape index (κ2) is 20.2. The molecule has 0 N–H and O–H groups in total. The van der Waals surface area contributed by atoms with E-state index >= 15 is 0 Å². The van der Waals surface area contributed by atoms with E-state index < -0.39 is 0 Å². The topological polar surface area (TPSA) is 87.2 Å². The van der Waals surface area contributed by atoms with Crippen molar-refractivity contribution in [2.45, 2.75) is 11.8 Å². The predicted molar refractivity (Wildman–Crippen MR) is 345 cm³/mol. The van der Waals surface area contributed by atoms with Crippen molar-refractivity contribution in [3.8, 4) is 102 Å². The smallest absolute Gasteiger partial charge is 0.160 e. The van der Waals surface area contributed by atoms with Crippen LogP contribution in [0.5, 0.6) is 0 Å². The zero-order valence-corrected chi connectivity index (χ0v) is 46.4. The average Bonchev–Trinajstić information content (AvgIpc) is 1.08. The molecule has 2 bridgehead atoms. The third-order valence-electron chi connectivity index (χ3n) is 17.1. The van der Waals surface area contributed by atoms with Crippen molar-refractivity contribution in [1.82, 2.24) is 39.0 Å². The summed E-state index contributed by atoms with van der Waals surface area (Å²) in [7, 11) is 0. The van der Waals surface area contributed by atoms with Crippen LogP contribution in [0.2, 0.25) is 0 Å². The number of hydrogen-bond donors (Lipinski definition) is 0. The van der Waals surface area contributed by atoms with Crippen LogP contribution in [0, 0.1) is 0 Å². The van der Waals surface area contributed by atoms with Gasteiger partial charge in [0.1, 0.15) is 11.6 Å². The summed E-state index contributed by atoms with van der Waals surface area (Å²) >= 11 is 0. The molecule has 0 spiro atoms. The standard InChI is InChI=1S/C78H50N8/c1-5-21-49(22-6-1)75-79-67(53-29-19-31-57(43-53)85-71-37-17-15-35-65(71)83-77(85)51-25-9-3-10-26-51)47-69(81-75)55-39-41-61-63(45-55)73-59-33-13-14-34-60(59)74(61)64-46-56(40-42-62(64)73)70-48-68(80-76(82-70)50-23-7-2-8-24-50)54-30-20-32-58(44-54)86-72-38-18-16-36-66(72)84-78(86)52-27-11-4-12-28-52/h1-48,73-74H. The summed E-state index contributed by atoms with van der Waals surface area (Å²) in [6.45, 7) is 0. The highest BCUT2D eigenvalue weighted by atomic mass is 15.1. The first-order valence-corrected chi connectivity index (χ1v) is 29.2. The third kappa shape index (κ3) is 8.29. The Morgan fingerprint density at radius 2 is 0.547 bits per heavy atom. The maximum absolute atomic E-state index is 5.37. The fourth-order valence-corrected chi connectivity index (χ4v) is 13.2. The second-order valence-electron chi connectivity index (χ2n) is 22.2. The molecule has 8 nitrogen and oxygen atoms in total. The van der Waals surface area contributed by atoms with Gasteiger partial charge in [-0.05, 0) is 106 Å². The molecule has 0 aliphatic heterocycles. The van der Waals surface area contributed by atoms with E-state index in [1.807, 2.05) is 60.7 Å². The van der Waals surface area contributed by atoms with Crippen LogP contribution in [0.4, 0.5) is 0 Å². The lowest BCUT2D eigenvalue weighted by Gasteiger charge is -2.42. The SMILES string of the molecule is c1ccc(-c2nc(-c3cccc(-n4c(-c5ccccc5)nc5ccccc54)c3)cc(-c3ccc4c(c3)C3c5ccccc5C4c4cc(-c5cc(-c6cccc(-n7c(-c8ccccc8)nc8ccccc87)c6)nc(-c6ccccc6)n5)ccc43)n2)cc1. The lowest BCUT2D eigenvalue weighted by Crippen LogP contribution is -2.27. The molecule has 18 rings (SSSR count). The lowest BCUT2D eigenvalue weighted by molar-refractivity contribution is 0.755. The lowest BCUT2D eigenvalue weighted by atomic mass is 9.60. The van der Waals surface area contributed by atoms with Gasteiger partial charge >= 0.3 is 0 Å². The maximum atomic E-state index is 5.37. The second-order valence-corrected chi connectivity index (χ2v) is 22.2. The number of benzene rings is 11. The number of rotatable bonds is 10. The molecule has 3 aliphatic rings. The molecule has 15 aromatic rings. The van der Waals surface area contributed by atoms with Gasteiger partial charge in [0.2, 0.25) is 0 Å². The highest BCUT2D eigenvalue weighted by Crippen LogP contribution is 2.57. The van der Waals surface area contributed by atoms with Crippen LogP contribution in [0.1, 0.15) is 45.2 Å². The Labute approximate surface area is 496 Å². The molecular formula is C78H50N8. The van der Waals surface area contributed by atoms with Gasteiger partial charge in [0.25, 0.3) is 0 Å². The summed E-state index contributed by atoms with van der Waals surface area (Å²) in [4.78, 5) is 31.7. The van der Waals surface area contributed by atoms with Crippen molar-refractivity contribution in [1.29, 1.82) is 0 Å². The minimum absolute atomic E-state index is 0.00853. The predicted octanol–water partition coefficient (Wildman–Crippen LogP) is 18.3. The van der Waals surface area contributed by atoms with Gasteiger partial charge in [-0.1, -0.05) is 218 Å². The third-order valence-corrected chi connectivity index (χ3v) is 17.1. The average molecular weight is 1100 g/mol. The van der Waals surface area contributed by atoms with E-state index in [0.29, 0.717) is 11.6 Å². The summed E-state index contributed by atoms with van der Waals surface area (Å²) < 4.78 is 4.51. The first-order valence-electron chi connectivity index (χ1n) is 29.2.